The van der Waals surface area contributed by atoms with Crippen molar-refractivity contribution in [2.24, 2.45) is 7.05 Å². The summed E-state index contributed by atoms with van der Waals surface area (Å²) >= 11 is 5.58. The van der Waals surface area contributed by atoms with Crippen LogP contribution >= 0.6 is 12.2 Å². The van der Waals surface area contributed by atoms with E-state index in [2.05, 4.69) is 40.4 Å². The molecule has 1 fully saturated rings. The maximum atomic E-state index is 5.58. The van der Waals surface area contributed by atoms with Crippen LogP contribution in [0.4, 0.5) is 0 Å². The van der Waals surface area contributed by atoms with Crippen LogP contribution in [-0.4, -0.2) is 22.2 Å². The molecule has 0 amide bonds. The molecule has 2 heterocycles. The predicted molar refractivity (Wildman–Crippen MR) is 76.3 cm³/mol. The molecule has 1 N–H and O–H groups in total. The lowest BCUT2D eigenvalue weighted by Gasteiger charge is -2.23. The number of likely N-dealkylation sites (tertiary alicyclic amines) is 1. The van der Waals surface area contributed by atoms with Crippen molar-refractivity contribution in [3.63, 3.8) is 0 Å². The lowest BCUT2D eigenvalue weighted by atomic mass is 10.1. The summed E-state index contributed by atoms with van der Waals surface area (Å²) in [6.45, 7) is 3.58. The van der Waals surface area contributed by atoms with Gasteiger partial charge >= 0.3 is 0 Å². The Hall–Kier alpha value is -1.13. The van der Waals surface area contributed by atoms with E-state index < -0.39 is 0 Å². The number of para-hydroxylation sites is 2. The van der Waals surface area contributed by atoms with Crippen molar-refractivity contribution in [2.75, 3.05) is 13.1 Å². The molecular weight excluding hydrogens is 242 g/mol. The summed E-state index contributed by atoms with van der Waals surface area (Å²) in [4.78, 5) is 1.66. The fourth-order valence-electron chi connectivity index (χ4n) is 2.95. The molecule has 1 aromatic heterocycles. The number of benzene rings is 1. The van der Waals surface area contributed by atoms with Gasteiger partial charge in [0.15, 0.2) is 11.4 Å². The Kier molecular flexibility index (Phi) is 3.22. The third-order valence-corrected chi connectivity index (χ3v) is 4.49. The maximum Gasteiger partial charge on any atom is 0.184 e. The highest BCUT2D eigenvalue weighted by Crippen LogP contribution is 2.15. The summed E-state index contributed by atoms with van der Waals surface area (Å²) in [5.74, 6) is 0. The van der Waals surface area contributed by atoms with Gasteiger partial charge in [0.25, 0.3) is 0 Å². The van der Waals surface area contributed by atoms with Crippen LogP contribution in [0.3, 0.4) is 0 Å². The zero-order valence-corrected chi connectivity index (χ0v) is 11.7. The summed E-state index contributed by atoms with van der Waals surface area (Å²) in [5, 5.41) is 0. The number of nitrogens with zero attached hydrogens (tertiary/aromatic N) is 2. The minimum absolute atomic E-state index is 0.939. The SMILES string of the molecule is Cn1c(=S)n(C[NH+]2CCCCC2)c2ccccc21. The first-order valence-corrected chi connectivity index (χ1v) is 7.16. The molecule has 0 spiro atoms. The molecule has 0 saturated carbocycles. The highest BCUT2D eigenvalue weighted by atomic mass is 32.1. The van der Waals surface area contributed by atoms with Crippen LogP contribution in [0.25, 0.3) is 11.0 Å². The average molecular weight is 262 g/mol. The lowest BCUT2D eigenvalue weighted by Crippen LogP contribution is -3.12. The maximum absolute atomic E-state index is 5.58. The number of imidazole rings is 1. The van der Waals surface area contributed by atoms with Crippen LogP contribution in [-0.2, 0) is 13.7 Å². The fraction of sp³-hybridized carbons (Fsp3) is 0.500. The van der Waals surface area contributed by atoms with E-state index in [4.69, 9.17) is 12.2 Å². The van der Waals surface area contributed by atoms with Crippen LogP contribution in [0.5, 0.6) is 0 Å². The molecule has 2 aromatic rings. The van der Waals surface area contributed by atoms with Crippen molar-refractivity contribution in [3.05, 3.63) is 29.0 Å². The van der Waals surface area contributed by atoms with Crippen LogP contribution in [0, 0.1) is 4.77 Å². The molecular formula is C14H20N3S+. The van der Waals surface area contributed by atoms with Crippen molar-refractivity contribution in [1.82, 2.24) is 9.13 Å². The van der Waals surface area contributed by atoms with Gasteiger partial charge in [-0.3, -0.25) is 4.57 Å². The highest BCUT2D eigenvalue weighted by molar-refractivity contribution is 7.71. The number of aromatic nitrogens is 2. The van der Waals surface area contributed by atoms with E-state index in [1.165, 1.54) is 43.4 Å². The summed E-state index contributed by atoms with van der Waals surface area (Å²) in [7, 11) is 2.06. The van der Waals surface area contributed by atoms with Crippen molar-refractivity contribution >= 4 is 23.3 Å². The fourth-order valence-corrected chi connectivity index (χ4v) is 3.21. The van der Waals surface area contributed by atoms with E-state index in [9.17, 15) is 0 Å². The monoisotopic (exact) mass is 262 g/mol. The summed E-state index contributed by atoms with van der Waals surface area (Å²) < 4.78 is 5.36. The van der Waals surface area contributed by atoms with Gasteiger partial charge in [0.1, 0.15) is 0 Å². The van der Waals surface area contributed by atoms with Gasteiger partial charge in [-0.25, -0.2) is 0 Å². The van der Waals surface area contributed by atoms with Crippen LogP contribution in [0.2, 0.25) is 0 Å². The van der Waals surface area contributed by atoms with E-state index in [1.54, 1.807) is 4.90 Å². The van der Waals surface area contributed by atoms with E-state index in [0.29, 0.717) is 0 Å². The van der Waals surface area contributed by atoms with E-state index in [0.717, 1.165) is 11.4 Å². The summed E-state index contributed by atoms with van der Waals surface area (Å²) in [6, 6.07) is 8.50. The molecule has 0 radical (unpaired) electrons. The van der Waals surface area contributed by atoms with Gasteiger partial charge < -0.3 is 9.47 Å². The minimum atomic E-state index is 0.939. The lowest BCUT2D eigenvalue weighted by molar-refractivity contribution is -0.927. The van der Waals surface area contributed by atoms with Crippen molar-refractivity contribution in [2.45, 2.75) is 25.9 Å². The van der Waals surface area contributed by atoms with E-state index in [1.807, 2.05) is 0 Å². The topological polar surface area (TPSA) is 14.3 Å². The Morgan fingerprint density at radius 3 is 2.50 bits per heavy atom. The number of aryl methyl sites for hydroxylation is 1. The van der Waals surface area contributed by atoms with Crippen LogP contribution < -0.4 is 4.90 Å². The third-order valence-electron chi connectivity index (χ3n) is 3.99. The normalized spacial score (nSPS) is 17.4. The number of rotatable bonds is 2. The zero-order valence-electron chi connectivity index (χ0n) is 10.9. The van der Waals surface area contributed by atoms with Gasteiger partial charge in [0, 0.05) is 7.05 Å². The summed E-state index contributed by atoms with van der Waals surface area (Å²) in [6.07, 6.45) is 4.10. The summed E-state index contributed by atoms with van der Waals surface area (Å²) in [5.41, 5.74) is 2.50. The van der Waals surface area contributed by atoms with E-state index in [-0.39, 0.29) is 0 Å². The van der Waals surface area contributed by atoms with Crippen LogP contribution in [0.15, 0.2) is 24.3 Å². The number of hydrogen-bond donors (Lipinski definition) is 1. The minimum Gasteiger partial charge on any atom is -0.320 e. The Labute approximate surface area is 113 Å². The number of quaternary nitrogens is 1. The molecule has 3 nitrogen and oxygen atoms in total. The number of piperidine rings is 1. The molecule has 4 heteroatoms. The molecule has 1 aliphatic heterocycles. The molecule has 0 aliphatic carbocycles. The third kappa shape index (κ3) is 1.99. The Morgan fingerprint density at radius 1 is 1.11 bits per heavy atom. The highest BCUT2D eigenvalue weighted by Gasteiger charge is 2.16. The Bertz CT molecular complexity index is 605. The quantitative estimate of drug-likeness (QED) is 0.814. The molecule has 0 unspecified atom stereocenters. The van der Waals surface area contributed by atoms with Gasteiger partial charge in [0.2, 0.25) is 0 Å². The number of nitrogens with one attached hydrogen (secondary N) is 1. The standard InChI is InChI=1S/C14H19N3S/c1-15-12-7-3-4-8-13(12)17(14(15)18)11-16-9-5-2-6-10-16/h3-4,7-8H,2,5-6,9-11H2,1H3/p+1. The molecule has 1 aromatic carbocycles. The largest absolute Gasteiger partial charge is 0.320 e. The van der Waals surface area contributed by atoms with Gasteiger partial charge in [-0.05, 0) is 43.6 Å². The number of hydrogen-bond acceptors (Lipinski definition) is 1. The first-order valence-electron chi connectivity index (χ1n) is 6.75. The van der Waals surface area contributed by atoms with Crippen molar-refractivity contribution < 1.29 is 4.90 Å². The first kappa shape index (κ1) is 11.9. The Morgan fingerprint density at radius 2 is 1.78 bits per heavy atom. The second-order valence-electron chi connectivity index (χ2n) is 5.23. The second-order valence-corrected chi connectivity index (χ2v) is 5.59. The van der Waals surface area contributed by atoms with Crippen molar-refractivity contribution in [3.8, 4) is 0 Å². The van der Waals surface area contributed by atoms with Gasteiger partial charge in [-0.1, -0.05) is 12.1 Å². The predicted octanol–water partition coefficient (Wildman–Crippen LogP) is 1.74. The molecule has 1 aliphatic rings. The van der Waals surface area contributed by atoms with Gasteiger partial charge in [-0.2, -0.15) is 0 Å². The molecule has 18 heavy (non-hydrogen) atoms. The van der Waals surface area contributed by atoms with E-state index >= 15 is 0 Å². The molecule has 3 rings (SSSR count). The van der Waals surface area contributed by atoms with Gasteiger partial charge in [-0.15, -0.1) is 0 Å². The molecule has 0 bridgehead atoms. The molecule has 0 atom stereocenters. The molecule has 1 saturated heterocycles. The Balaban J connectivity index is 2.00. The van der Waals surface area contributed by atoms with Crippen molar-refractivity contribution in [1.29, 1.82) is 0 Å². The second kappa shape index (κ2) is 4.86. The first-order chi connectivity index (χ1) is 8.77. The average Bonchev–Trinajstić information content (AvgIpc) is 2.66. The zero-order chi connectivity index (χ0) is 12.5. The molecule has 96 valence electrons. The number of fused-ring (bicyclic) bond motifs is 1. The smallest absolute Gasteiger partial charge is 0.184 e. The van der Waals surface area contributed by atoms with Crippen LogP contribution in [0.1, 0.15) is 19.3 Å². The van der Waals surface area contributed by atoms with Gasteiger partial charge in [0.05, 0.1) is 24.1 Å².